The number of hydrogen-bond acceptors (Lipinski definition) is 6. The molecule has 0 radical (unpaired) electrons. The molecule has 1 aromatic heterocycles. The van der Waals surface area contributed by atoms with E-state index in [1.807, 2.05) is 14.0 Å². The molecule has 96 valence electrons. The summed E-state index contributed by atoms with van der Waals surface area (Å²) in [5.74, 6) is 1.20. The molecule has 2 unspecified atom stereocenters. The molecule has 0 amide bonds. The number of ether oxygens (including phenoxy) is 1. The Kier molecular flexibility index (Phi) is 3.96. The zero-order valence-electron chi connectivity index (χ0n) is 10.6. The molecule has 1 N–H and O–H groups in total. The lowest BCUT2D eigenvalue weighted by Gasteiger charge is -2.12. The number of rotatable bonds is 5. The molecule has 2 rings (SSSR count). The molecule has 1 aliphatic rings. The number of aromatic nitrogens is 2. The van der Waals surface area contributed by atoms with Gasteiger partial charge in [0.1, 0.15) is 0 Å². The second kappa shape index (κ2) is 5.46. The van der Waals surface area contributed by atoms with Crippen LogP contribution in [0.15, 0.2) is 4.42 Å². The fraction of sp³-hybridized carbons (Fsp3) is 0.818. The monoisotopic (exact) mass is 240 g/mol. The van der Waals surface area contributed by atoms with Gasteiger partial charge in [-0.3, -0.25) is 0 Å². The van der Waals surface area contributed by atoms with Crippen LogP contribution in [0, 0.1) is 5.92 Å². The molecular formula is C11H20N4O2. The molecule has 1 saturated heterocycles. The van der Waals surface area contributed by atoms with E-state index >= 15 is 0 Å². The number of methoxy groups -OCH3 is 1. The van der Waals surface area contributed by atoms with Crippen LogP contribution in [0.3, 0.4) is 0 Å². The number of nitrogens with zero attached hydrogens (tertiary/aromatic N) is 3. The van der Waals surface area contributed by atoms with Gasteiger partial charge in [0.25, 0.3) is 0 Å². The third-order valence-corrected chi connectivity index (χ3v) is 3.19. The lowest BCUT2D eigenvalue weighted by Crippen LogP contribution is -2.21. The van der Waals surface area contributed by atoms with Crippen molar-refractivity contribution in [2.45, 2.75) is 19.4 Å². The van der Waals surface area contributed by atoms with E-state index in [0.29, 0.717) is 17.8 Å². The van der Waals surface area contributed by atoms with Crippen LogP contribution >= 0.6 is 0 Å². The second-order valence-electron chi connectivity index (χ2n) is 4.49. The zero-order valence-corrected chi connectivity index (χ0v) is 10.6. The van der Waals surface area contributed by atoms with Crippen molar-refractivity contribution >= 4 is 6.01 Å². The van der Waals surface area contributed by atoms with Crippen LogP contribution in [0.25, 0.3) is 0 Å². The third kappa shape index (κ3) is 2.76. The largest absolute Gasteiger partial charge is 0.406 e. The maximum absolute atomic E-state index is 5.65. The van der Waals surface area contributed by atoms with E-state index in [4.69, 9.17) is 9.15 Å². The number of hydrogen-bond donors (Lipinski definition) is 1. The average Bonchev–Trinajstić information content (AvgIpc) is 2.96. The lowest BCUT2D eigenvalue weighted by atomic mass is 10.1. The Hall–Kier alpha value is -1.14. The molecule has 0 bridgehead atoms. The quantitative estimate of drug-likeness (QED) is 0.822. The van der Waals surface area contributed by atoms with Gasteiger partial charge in [-0.25, -0.2) is 0 Å². The summed E-state index contributed by atoms with van der Waals surface area (Å²) in [5.41, 5.74) is 0. The molecule has 1 aliphatic heterocycles. The Morgan fingerprint density at radius 1 is 1.59 bits per heavy atom. The van der Waals surface area contributed by atoms with E-state index < -0.39 is 0 Å². The Morgan fingerprint density at radius 2 is 2.41 bits per heavy atom. The summed E-state index contributed by atoms with van der Waals surface area (Å²) < 4.78 is 10.8. The number of anilines is 1. The highest BCUT2D eigenvalue weighted by Crippen LogP contribution is 2.24. The fourth-order valence-corrected chi connectivity index (χ4v) is 2.03. The van der Waals surface area contributed by atoms with Gasteiger partial charge >= 0.3 is 6.01 Å². The van der Waals surface area contributed by atoms with Crippen LogP contribution in [-0.2, 0) is 4.74 Å². The van der Waals surface area contributed by atoms with Crippen LogP contribution in [0.4, 0.5) is 6.01 Å². The van der Waals surface area contributed by atoms with E-state index in [1.54, 1.807) is 7.11 Å². The second-order valence-corrected chi connectivity index (χ2v) is 4.49. The maximum atomic E-state index is 5.65. The van der Waals surface area contributed by atoms with Crippen molar-refractivity contribution in [1.82, 2.24) is 15.5 Å². The van der Waals surface area contributed by atoms with Crippen LogP contribution in [0.2, 0.25) is 0 Å². The molecule has 6 heteroatoms. The standard InChI is InChI=1S/C11H20N4O2/c1-8(12-2)10-13-14-11(17-10)15-5-4-9(6-15)7-16-3/h8-9,12H,4-7H2,1-3H3. The summed E-state index contributed by atoms with van der Waals surface area (Å²) >= 11 is 0. The molecule has 0 saturated carbocycles. The van der Waals surface area contributed by atoms with E-state index in [0.717, 1.165) is 26.1 Å². The Morgan fingerprint density at radius 3 is 3.12 bits per heavy atom. The molecule has 2 heterocycles. The van der Waals surface area contributed by atoms with Gasteiger partial charge in [-0.05, 0) is 20.4 Å². The van der Waals surface area contributed by atoms with Gasteiger partial charge in [-0.15, -0.1) is 5.10 Å². The van der Waals surface area contributed by atoms with Crippen molar-refractivity contribution < 1.29 is 9.15 Å². The average molecular weight is 240 g/mol. The molecule has 2 atom stereocenters. The van der Waals surface area contributed by atoms with Gasteiger partial charge in [0, 0.05) is 26.1 Å². The molecule has 1 fully saturated rings. The maximum Gasteiger partial charge on any atom is 0.318 e. The van der Waals surface area contributed by atoms with Gasteiger partial charge in [-0.1, -0.05) is 5.10 Å². The Labute approximate surface area is 101 Å². The minimum atomic E-state index is 0.0913. The summed E-state index contributed by atoms with van der Waals surface area (Å²) in [6.07, 6.45) is 1.12. The summed E-state index contributed by atoms with van der Waals surface area (Å²) in [4.78, 5) is 2.13. The first-order chi connectivity index (χ1) is 8.24. The van der Waals surface area contributed by atoms with E-state index in [-0.39, 0.29) is 6.04 Å². The van der Waals surface area contributed by atoms with Gasteiger partial charge in [0.15, 0.2) is 0 Å². The summed E-state index contributed by atoms with van der Waals surface area (Å²) in [7, 11) is 3.61. The van der Waals surface area contributed by atoms with Crippen LogP contribution < -0.4 is 10.2 Å². The Bertz CT molecular complexity index is 355. The fourth-order valence-electron chi connectivity index (χ4n) is 2.03. The van der Waals surface area contributed by atoms with Crippen LogP contribution in [0.1, 0.15) is 25.3 Å². The van der Waals surface area contributed by atoms with E-state index in [1.165, 1.54) is 0 Å². The van der Waals surface area contributed by atoms with Crippen LogP contribution in [-0.4, -0.2) is 44.1 Å². The van der Waals surface area contributed by atoms with Crippen molar-refractivity contribution in [3.63, 3.8) is 0 Å². The third-order valence-electron chi connectivity index (χ3n) is 3.19. The molecule has 0 spiro atoms. The smallest absolute Gasteiger partial charge is 0.318 e. The molecule has 0 aliphatic carbocycles. The first-order valence-corrected chi connectivity index (χ1v) is 5.99. The van der Waals surface area contributed by atoms with Gasteiger partial charge < -0.3 is 19.4 Å². The summed E-state index contributed by atoms with van der Waals surface area (Å²) in [6, 6.07) is 0.717. The molecule has 0 aromatic carbocycles. The molecule has 17 heavy (non-hydrogen) atoms. The van der Waals surface area contributed by atoms with E-state index in [2.05, 4.69) is 20.4 Å². The zero-order chi connectivity index (χ0) is 12.3. The van der Waals surface area contributed by atoms with Crippen molar-refractivity contribution in [3.05, 3.63) is 5.89 Å². The summed E-state index contributed by atoms with van der Waals surface area (Å²) in [5, 5.41) is 11.2. The SMILES string of the molecule is CNC(C)c1nnc(N2CCC(COC)C2)o1. The van der Waals surface area contributed by atoms with Gasteiger partial charge in [-0.2, -0.15) is 0 Å². The van der Waals surface area contributed by atoms with Crippen LogP contribution in [0.5, 0.6) is 0 Å². The highest BCUT2D eigenvalue weighted by atomic mass is 16.5. The predicted molar refractivity (Wildman–Crippen MR) is 64.0 cm³/mol. The predicted octanol–water partition coefficient (Wildman–Crippen LogP) is 0.823. The molecule has 6 nitrogen and oxygen atoms in total. The van der Waals surface area contributed by atoms with Crippen molar-refractivity contribution in [2.24, 2.45) is 5.92 Å². The minimum absolute atomic E-state index is 0.0913. The minimum Gasteiger partial charge on any atom is -0.406 e. The molecular weight excluding hydrogens is 220 g/mol. The first-order valence-electron chi connectivity index (χ1n) is 5.99. The van der Waals surface area contributed by atoms with Crippen molar-refractivity contribution in [2.75, 3.05) is 38.8 Å². The van der Waals surface area contributed by atoms with Crippen molar-refractivity contribution in [1.29, 1.82) is 0 Å². The normalized spacial score (nSPS) is 22.1. The summed E-state index contributed by atoms with van der Waals surface area (Å²) in [6.45, 7) is 4.69. The van der Waals surface area contributed by atoms with Gasteiger partial charge in [0.05, 0.1) is 12.6 Å². The van der Waals surface area contributed by atoms with Crippen molar-refractivity contribution in [3.8, 4) is 0 Å². The molecule has 1 aromatic rings. The highest BCUT2D eigenvalue weighted by Gasteiger charge is 2.26. The van der Waals surface area contributed by atoms with Gasteiger partial charge in [0.2, 0.25) is 5.89 Å². The highest BCUT2D eigenvalue weighted by molar-refractivity contribution is 5.26. The Balaban J connectivity index is 1.97. The lowest BCUT2D eigenvalue weighted by molar-refractivity contribution is 0.160. The number of nitrogens with one attached hydrogen (secondary N) is 1. The topological polar surface area (TPSA) is 63.4 Å². The van der Waals surface area contributed by atoms with E-state index in [9.17, 15) is 0 Å². The first kappa shape index (κ1) is 12.3.